The van der Waals surface area contributed by atoms with Crippen molar-refractivity contribution in [3.8, 4) is 0 Å². The van der Waals surface area contributed by atoms with E-state index in [0.717, 1.165) is 13.0 Å². The van der Waals surface area contributed by atoms with Crippen LogP contribution in [0.2, 0.25) is 0 Å². The number of likely N-dealkylation sites (tertiary alicyclic amines) is 1. The van der Waals surface area contributed by atoms with Gasteiger partial charge >= 0.3 is 0 Å². The Kier molecular flexibility index (Phi) is 4.45. The topological polar surface area (TPSA) is 53.1 Å². The molecule has 0 spiro atoms. The summed E-state index contributed by atoms with van der Waals surface area (Å²) in [7, 11) is 0. The van der Waals surface area contributed by atoms with E-state index >= 15 is 0 Å². The maximum Gasteiger partial charge on any atom is 0.0928 e. The maximum atomic E-state index is 7.40. The fraction of sp³-hybridized carbons (Fsp3) is 0.857. The summed E-state index contributed by atoms with van der Waals surface area (Å²) in [6.45, 7) is 3.54. The zero-order chi connectivity index (χ0) is 7.56. The van der Waals surface area contributed by atoms with E-state index in [-0.39, 0.29) is 12.4 Å². The molecule has 0 aromatic carbocycles. The molecular formula is C7H16ClN3. The molecule has 1 aliphatic rings. The quantitative estimate of drug-likeness (QED) is 0.461. The molecule has 1 aliphatic heterocycles. The lowest BCUT2D eigenvalue weighted by atomic mass is 10.2. The van der Waals surface area contributed by atoms with Crippen LogP contribution in [0, 0.1) is 5.41 Å². The van der Waals surface area contributed by atoms with Crippen molar-refractivity contribution < 1.29 is 0 Å². The molecule has 1 fully saturated rings. The van der Waals surface area contributed by atoms with E-state index in [1.165, 1.54) is 6.42 Å². The normalized spacial score (nSPS) is 23.1. The van der Waals surface area contributed by atoms with E-state index in [4.69, 9.17) is 11.1 Å². The summed E-state index contributed by atoms with van der Waals surface area (Å²) in [5, 5.41) is 7.40. The minimum absolute atomic E-state index is 0. The molecule has 1 rings (SSSR count). The summed E-state index contributed by atoms with van der Waals surface area (Å²) in [5.74, 6) is 0.660. The van der Waals surface area contributed by atoms with Gasteiger partial charge in [-0.1, -0.05) is 0 Å². The number of halogens is 1. The number of hydrogen-bond donors (Lipinski definition) is 2. The average Bonchev–Trinajstić information content (AvgIpc) is 2.33. The van der Waals surface area contributed by atoms with Gasteiger partial charge in [-0.2, -0.15) is 0 Å². The van der Waals surface area contributed by atoms with Crippen LogP contribution < -0.4 is 5.73 Å². The van der Waals surface area contributed by atoms with E-state index in [1.54, 1.807) is 0 Å². The van der Waals surface area contributed by atoms with E-state index in [0.29, 0.717) is 18.4 Å². The largest absolute Gasteiger partial charge is 0.357 e. The minimum atomic E-state index is 0. The first-order chi connectivity index (χ1) is 4.75. The second kappa shape index (κ2) is 4.57. The summed E-state index contributed by atoms with van der Waals surface area (Å²) >= 11 is 0. The van der Waals surface area contributed by atoms with E-state index < -0.39 is 0 Å². The molecular weight excluding hydrogens is 162 g/mol. The smallest absolute Gasteiger partial charge is 0.0928 e. The monoisotopic (exact) mass is 177 g/mol. The van der Waals surface area contributed by atoms with Crippen molar-refractivity contribution in [3.63, 3.8) is 0 Å². The van der Waals surface area contributed by atoms with Crippen molar-refractivity contribution >= 4 is 18.2 Å². The molecule has 0 aliphatic carbocycles. The average molecular weight is 178 g/mol. The number of nitrogens with zero attached hydrogens (tertiary/aromatic N) is 1. The van der Waals surface area contributed by atoms with Crippen LogP contribution in [0.25, 0.3) is 0 Å². The van der Waals surface area contributed by atoms with E-state index in [1.807, 2.05) is 6.92 Å². The Bertz CT molecular complexity index is 138. The van der Waals surface area contributed by atoms with Crippen molar-refractivity contribution in [2.75, 3.05) is 13.1 Å². The highest BCUT2D eigenvalue weighted by molar-refractivity contribution is 5.85. The summed E-state index contributed by atoms with van der Waals surface area (Å²) in [4.78, 5) is 2.08. The maximum absolute atomic E-state index is 7.40. The molecule has 3 nitrogen and oxygen atoms in total. The zero-order valence-electron chi connectivity index (χ0n) is 6.84. The van der Waals surface area contributed by atoms with Gasteiger partial charge in [0.15, 0.2) is 0 Å². The van der Waals surface area contributed by atoms with Crippen LogP contribution in [0.15, 0.2) is 0 Å². The first-order valence-corrected chi connectivity index (χ1v) is 3.77. The highest BCUT2D eigenvalue weighted by Crippen LogP contribution is 2.15. The fourth-order valence-corrected chi connectivity index (χ4v) is 1.52. The Morgan fingerprint density at radius 2 is 2.36 bits per heavy atom. The van der Waals surface area contributed by atoms with E-state index in [2.05, 4.69) is 4.90 Å². The molecule has 4 heteroatoms. The van der Waals surface area contributed by atoms with Crippen molar-refractivity contribution in [3.05, 3.63) is 0 Å². The third-order valence-corrected chi connectivity index (χ3v) is 2.08. The van der Waals surface area contributed by atoms with Crippen molar-refractivity contribution in [1.29, 1.82) is 5.41 Å². The first-order valence-electron chi connectivity index (χ1n) is 3.77. The number of amidine groups is 1. The molecule has 1 atom stereocenters. The van der Waals surface area contributed by atoms with Crippen LogP contribution in [0.1, 0.15) is 19.8 Å². The highest BCUT2D eigenvalue weighted by atomic mass is 35.5. The molecule has 0 aromatic rings. The van der Waals surface area contributed by atoms with Gasteiger partial charge < -0.3 is 10.6 Å². The summed E-state index contributed by atoms with van der Waals surface area (Å²) in [6.07, 6.45) is 2.35. The first kappa shape index (κ1) is 10.7. The molecule has 66 valence electrons. The number of hydrogen-bond acceptors (Lipinski definition) is 2. The van der Waals surface area contributed by atoms with Gasteiger partial charge in [-0.15, -0.1) is 12.4 Å². The Balaban J connectivity index is 0.000001000. The third kappa shape index (κ3) is 2.34. The van der Waals surface area contributed by atoms with Crippen LogP contribution in [0.4, 0.5) is 0 Å². The van der Waals surface area contributed by atoms with Gasteiger partial charge in [-0.25, -0.2) is 0 Å². The van der Waals surface area contributed by atoms with Crippen molar-refractivity contribution in [2.24, 2.45) is 5.73 Å². The standard InChI is InChI=1S/C7H15N3.ClH/c1-6(9)10-4-2-3-7(10)5-8;/h7,9H,2-5,8H2,1H3;1H. The third-order valence-electron chi connectivity index (χ3n) is 2.08. The second-order valence-corrected chi connectivity index (χ2v) is 2.81. The Hall–Kier alpha value is -0.280. The van der Waals surface area contributed by atoms with Crippen LogP contribution >= 0.6 is 12.4 Å². The van der Waals surface area contributed by atoms with Gasteiger partial charge in [-0.05, 0) is 19.8 Å². The molecule has 3 N–H and O–H groups in total. The number of nitrogens with two attached hydrogens (primary N) is 1. The predicted molar refractivity (Wildman–Crippen MR) is 49.4 cm³/mol. The molecule has 11 heavy (non-hydrogen) atoms. The SMILES string of the molecule is CC(=N)N1CCCC1CN.Cl. The van der Waals surface area contributed by atoms with Gasteiger partial charge in [0.05, 0.1) is 5.84 Å². The molecule has 0 aromatic heterocycles. The minimum Gasteiger partial charge on any atom is -0.357 e. The fourth-order valence-electron chi connectivity index (χ4n) is 1.52. The Morgan fingerprint density at radius 1 is 1.73 bits per heavy atom. The van der Waals surface area contributed by atoms with Gasteiger partial charge in [0, 0.05) is 19.1 Å². The van der Waals surface area contributed by atoms with Crippen molar-refractivity contribution in [1.82, 2.24) is 4.90 Å². The lowest BCUT2D eigenvalue weighted by Crippen LogP contribution is -2.38. The molecule has 0 saturated carbocycles. The van der Waals surface area contributed by atoms with Crippen LogP contribution in [0.5, 0.6) is 0 Å². The van der Waals surface area contributed by atoms with Crippen LogP contribution in [0.3, 0.4) is 0 Å². The van der Waals surface area contributed by atoms with Gasteiger partial charge in [-0.3, -0.25) is 5.41 Å². The van der Waals surface area contributed by atoms with Crippen molar-refractivity contribution in [2.45, 2.75) is 25.8 Å². The summed E-state index contributed by atoms with van der Waals surface area (Å²) in [5.41, 5.74) is 5.52. The van der Waals surface area contributed by atoms with Gasteiger partial charge in [0.25, 0.3) is 0 Å². The van der Waals surface area contributed by atoms with E-state index in [9.17, 15) is 0 Å². The number of rotatable bonds is 1. The Morgan fingerprint density at radius 3 is 2.73 bits per heavy atom. The van der Waals surface area contributed by atoms with Gasteiger partial charge in [0.2, 0.25) is 0 Å². The highest BCUT2D eigenvalue weighted by Gasteiger charge is 2.22. The second-order valence-electron chi connectivity index (χ2n) is 2.81. The lowest BCUT2D eigenvalue weighted by Gasteiger charge is -2.23. The zero-order valence-corrected chi connectivity index (χ0v) is 7.66. The number of nitrogens with one attached hydrogen (secondary N) is 1. The molecule has 0 bridgehead atoms. The Labute approximate surface area is 73.9 Å². The summed E-state index contributed by atoms with van der Waals surface area (Å²) in [6, 6.07) is 0.442. The van der Waals surface area contributed by atoms with Gasteiger partial charge in [0.1, 0.15) is 0 Å². The molecule has 0 radical (unpaired) electrons. The molecule has 1 saturated heterocycles. The summed E-state index contributed by atoms with van der Waals surface area (Å²) < 4.78 is 0. The lowest BCUT2D eigenvalue weighted by molar-refractivity contribution is 0.391. The van der Waals surface area contributed by atoms with Crippen LogP contribution in [-0.4, -0.2) is 29.9 Å². The molecule has 1 unspecified atom stereocenters. The molecule has 0 amide bonds. The van der Waals surface area contributed by atoms with Crippen LogP contribution in [-0.2, 0) is 0 Å². The predicted octanol–water partition coefficient (Wildman–Crippen LogP) is 0.828. The molecule has 1 heterocycles.